The molecule has 9 heteroatoms. The smallest absolute Gasteiger partial charge is 0.272 e. The van der Waals surface area contributed by atoms with E-state index in [1.807, 2.05) is 24.3 Å². The van der Waals surface area contributed by atoms with Crippen LogP contribution in [0.1, 0.15) is 16.1 Å². The van der Waals surface area contributed by atoms with Crippen LogP contribution < -0.4 is 10.1 Å². The van der Waals surface area contributed by atoms with Crippen LogP contribution in [-0.4, -0.2) is 40.9 Å². The van der Waals surface area contributed by atoms with Gasteiger partial charge in [-0.2, -0.15) is 5.10 Å². The number of nitrogens with zero attached hydrogens (tertiary/aromatic N) is 3. The Morgan fingerprint density at radius 1 is 1.17 bits per heavy atom. The lowest BCUT2D eigenvalue weighted by Crippen LogP contribution is -2.23. The van der Waals surface area contributed by atoms with Gasteiger partial charge in [0.25, 0.3) is 11.6 Å². The molecule has 150 valence electrons. The lowest BCUT2D eigenvalue weighted by atomic mass is 10.2. The Labute approximate surface area is 167 Å². The molecule has 3 rings (SSSR count). The van der Waals surface area contributed by atoms with Crippen molar-refractivity contribution in [1.29, 1.82) is 0 Å². The molecule has 1 amide bonds. The first-order valence-corrected chi connectivity index (χ1v) is 8.86. The summed E-state index contributed by atoms with van der Waals surface area (Å²) < 4.78 is 11.9. The number of hydrogen-bond acceptors (Lipinski definition) is 6. The van der Waals surface area contributed by atoms with Crippen molar-refractivity contribution in [1.82, 2.24) is 15.1 Å². The molecular formula is C20H20N4O5. The summed E-state index contributed by atoms with van der Waals surface area (Å²) in [6.07, 6.45) is 1.58. The topological polar surface area (TPSA) is 109 Å². The highest BCUT2D eigenvalue weighted by Crippen LogP contribution is 2.16. The molecule has 0 radical (unpaired) electrons. The number of nitro groups is 1. The average Bonchev–Trinajstić information content (AvgIpc) is 3.24. The number of benzene rings is 2. The summed E-state index contributed by atoms with van der Waals surface area (Å²) in [5.41, 5.74) is 1.59. The molecule has 0 spiro atoms. The van der Waals surface area contributed by atoms with Gasteiger partial charge in [-0.05, 0) is 29.8 Å². The molecule has 0 aliphatic carbocycles. The summed E-state index contributed by atoms with van der Waals surface area (Å²) in [5.74, 6) is 0.391. The molecule has 0 aliphatic heterocycles. The number of carbonyl (C=O) groups excluding carboxylic acids is 1. The Bertz CT molecular complexity index is 985. The van der Waals surface area contributed by atoms with Crippen LogP contribution in [0.25, 0.3) is 5.69 Å². The molecule has 2 aromatic carbocycles. The standard InChI is InChI=1S/C20H20N4O5/c1-28-11-12-29-18-7-5-15(6-8-18)14-21-20(25)19-9-10-23(22-19)16-3-2-4-17(13-16)24(26)27/h2-10,13H,11-12,14H2,1H3,(H,21,25). The number of hydrogen-bond donors (Lipinski definition) is 1. The van der Waals surface area contributed by atoms with Crippen molar-refractivity contribution >= 4 is 11.6 Å². The van der Waals surface area contributed by atoms with Crippen LogP contribution in [0.2, 0.25) is 0 Å². The normalized spacial score (nSPS) is 10.5. The van der Waals surface area contributed by atoms with Gasteiger partial charge in [-0.25, -0.2) is 4.68 Å². The third kappa shape index (κ3) is 5.39. The molecule has 0 bridgehead atoms. The molecule has 1 heterocycles. The van der Waals surface area contributed by atoms with Crippen LogP contribution >= 0.6 is 0 Å². The first-order chi connectivity index (χ1) is 14.1. The van der Waals surface area contributed by atoms with Crippen LogP contribution in [0.15, 0.2) is 60.8 Å². The van der Waals surface area contributed by atoms with Crippen LogP contribution in [0.5, 0.6) is 5.75 Å². The van der Waals surface area contributed by atoms with Crippen LogP contribution in [0.4, 0.5) is 5.69 Å². The van der Waals surface area contributed by atoms with Gasteiger partial charge >= 0.3 is 0 Å². The number of nitro benzene ring substituents is 1. The Morgan fingerprint density at radius 2 is 1.97 bits per heavy atom. The van der Waals surface area contributed by atoms with Crippen molar-refractivity contribution in [2.75, 3.05) is 20.3 Å². The quantitative estimate of drug-likeness (QED) is 0.338. The zero-order chi connectivity index (χ0) is 20.6. The minimum atomic E-state index is -0.478. The molecular weight excluding hydrogens is 376 g/mol. The summed E-state index contributed by atoms with van der Waals surface area (Å²) >= 11 is 0. The van der Waals surface area contributed by atoms with E-state index in [0.717, 1.165) is 11.3 Å². The number of non-ortho nitro benzene ring substituents is 1. The lowest BCUT2D eigenvalue weighted by Gasteiger charge is -2.07. The number of aromatic nitrogens is 2. The fraction of sp³-hybridized carbons (Fsp3) is 0.200. The van der Waals surface area contributed by atoms with Gasteiger partial charge in [-0.1, -0.05) is 18.2 Å². The summed E-state index contributed by atoms with van der Waals surface area (Å²) in [6.45, 7) is 1.32. The van der Waals surface area contributed by atoms with E-state index in [-0.39, 0.29) is 17.3 Å². The number of methoxy groups -OCH3 is 1. The molecule has 0 aliphatic rings. The second-order valence-electron chi connectivity index (χ2n) is 6.09. The summed E-state index contributed by atoms with van der Waals surface area (Å²) in [6, 6.07) is 15.0. The van der Waals surface area contributed by atoms with E-state index in [2.05, 4.69) is 10.4 Å². The van der Waals surface area contributed by atoms with Crippen LogP contribution in [0, 0.1) is 10.1 Å². The molecule has 0 unspecified atom stereocenters. The zero-order valence-corrected chi connectivity index (χ0v) is 15.8. The van der Waals surface area contributed by atoms with E-state index < -0.39 is 4.92 Å². The lowest BCUT2D eigenvalue weighted by molar-refractivity contribution is -0.384. The highest BCUT2D eigenvalue weighted by atomic mass is 16.6. The minimum Gasteiger partial charge on any atom is -0.491 e. The van der Waals surface area contributed by atoms with Crippen LogP contribution in [-0.2, 0) is 11.3 Å². The van der Waals surface area contributed by atoms with Crippen molar-refractivity contribution in [3.05, 3.63) is 82.2 Å². The molecule has 0 saturated heterocycles. The maximum absolute atomic E-state index is 12.3. The largest absolute Gasteiger partial charge is 0.491 e. The number of carbonyl (C=O) groups is 1. The van der Waals surface area contributed by atoms with Gasteiger partial charge in [0.1, 0.15) is 12.4 Å². The molecule has 9 nitrogen and oxygen atoms in total. The number of rotatable bonds is 9. The Kier molecular flexibility index (Phi) is 6.54. The predicted octanol–water partition coefficient (Wildman–Crippen LogP) is 2.74. The van der Waals surface area contributed by atoms with Crippen molar-refractivity contribution in [3.63, 3.8) is 0 Å². The van der Waals surface area contributed by atoms with Crippen LogP contribution in [0.3, 0.4) is 0 Å². The van der Waals surface area contributed by atoms with E-state index in [0.29, 0.717) is 25.4 Å². The molecule has 0 atom stereocenters. The fourth-order valence-corrected chi connectivity index (χ4v) is 2.56. The van der Waals surface area contributed by atoms with E-state index in [1.54, 1.807) is 31.5 Å². The van der Waals surface area contributed by atoms with Crippen molar-refractivity contribution in [2.24, 2.45) is 0 Å². The van der Waals surface area contributed by atoms with E-state index in [9.17, 15) is 14.9 Å². The summed E-state index contributed by atoms with van der Waals surface area (Å²) in [4.78, 5) is 22.8. The second-order valence-corrected chi connectivity index (χ2v) is 6.09. The monoisotopic (exact) mass is 396 g/mol. The summed E-state index contributed by atoms with van der Waals surface area (Å²) in [5, 5.41) is 17.9. The van der Waals surface area contributed by atoms with Gasteiger partial charge in [0.05, 0.1) is 17.2 Å². The van der Waals surface area contributed by atoms with E-state index in [4.69, 9.17) is 9.47 Å². The molecule has 0 fully saturated rings. The molecule has 1 N–H and O–H groups in total. The number of amides is 1. The van der Waals surface area contributed by atoms with Gasteiger partial charge in [0.15, 0.2) is 5.69 Å². The third-order valence-electron chi connectivity index (χ3n) is 4.06. The van der Waals surface area contributed by atoms with E-state index in [1.165, 1.54) is 16.8 Å². The first kappa shape index (κ1) is 20.0. The maximum Gasteiger partial charge on any atom is 0.272 e. The highest BCUT2D eigenvalue weighted by molar-refractivity contribution is 5.92. The van der Waals surface area contributed by atoms with Gasteiger partial charge in [0, 0.05) is 32.0 Å². The van der Waals surface area contributed by atoms with Gasteiger partial charge in [-0.3, -0.25) is 14.9 Å². The molecule has 29 heavy (non-hydrogen) atoms. The van der Waals surface area contributed by atoms with Gasteiger partial charge in [0.2, 0.25) is 0 Å². The number of nitrogens with one attached hydrogen (secondary N) is 1. The van der Waals surface area contributed by atoms with Crippen molar-refractivity contribution < 1.29 is 19.2 Å². The first-order valence-electron chi connectivity index (χ1n) is 8.86. The number of ether oxygens (including phenoxy) is 2. The van der Waals surface area contributed by atoms with Gasteiger partial charge < -0.3 is 14.8 Å². The Balaban J connectivity index is 1.58. The molecule has 0 saturated carbocycles. The third-order valence-corrected chi connectivity index (χ3v) is 4.06. The Morgan fingerprint density at radius 3 is 2.69 bits per heavy atom. The molecule has 3 aromatic rings. The van der Waals surface area contributed by atoms with E-state index >= 15 is 0 Å². The van der Waals surface area contributed by atoms with Gasteiger partial charge in [-0.15, -0.1) is 0 Å². The zero-order valence-electron chi connectivity index (χ0n) is 15.8. The maximum atomic E-state index is 12.3. The average molecular weight is 396 g/mol. The van der Waals surface area contributed by atoms with Crippen molar-refractivity contribution in [2.45, 2.75) is 6.54 Å². The fourth-order valence-electron chi connectivity index (χ4n) is 2.56. The molecule has 1 aromatic heterocycles. The van der Waals surface area contributed by atoms with Crippen molar-refractivity contribution in [3.8, 4) is 11.4 Å². The Hall–Kier alpha value is -3.72. The summed E-state index contributed by atoms with van der Waals surface area (Å²) in [7, 11) is 1.61. The second kappa shape index (κ2) is 9.47. The predicted molar refractivity (Wildman–Crippen MR) is 105 cm³/mol. The SMILES string of the molecule is COCCOc1ccc(CNC(=O)c2ccn(-c3cccc([N+](=O)[O-])c3)n2)cc1. The minimum absolute atomic E-state index is 0.0429. The highest BCUT2D eigenvalue weighted by Gasteiger charge is 2.12.